The van der Waals surface area contributed by atoms with Crippen LogP contribution in [-0.2, 0) is 6.54 Å². The van der Waals surface area contributed by atoms with E-state index in [2.05, 4.69) is 0 Å². The van der Waals surface area contributed by atoms with E-state index in [9.17, 15) is 5.11 Å². The summed E-state index contributed by atoms with van der Waals surface area (Å²) in [7, 11) is 1.65. The summed E-state index contributed by atoms with van der Waals surface area (Å²) in [5.74, 6) is 1.13. The van der Waals surface area contributed by atoms with E-state index in [1.807, 2.05) is 59.3 Å². The first kappa shape index (κ1) is 11.7. The van der Waals surface area contributed by atoms with Crippen LogP contribution < -0.4 is 4.74 Å². The molecule has 1 heterocycles. The molecule has 0 radical (unpaired) electrons. The van der Waals surface area contributed by atoms with Crippen molar-refractivity contribution >= 4 is 10.8 Å². The van der Waals surface area contributed by atoms with E-state index in [0.29, 0.717) is 12.4 Å². The van der Waals surface area contributed by atoms with Gasteiger partial charge in [0.1, 0.15) is 5.75 Å². The van der Waals surface area contributed by atoms with E-state index in [0.717, 1.165) is 22.1 Å². The van der Waals surface area contributed by atoms with Gasteiger partial charge in [0, 0.05) is 17.0 Å². The van der Waals surface area contributed by atoms with E-state index >= 15 is 0 Å². The minimum Gasteiger partial charge on any atom is -0.497 e. The van der Waals surface area contributed by atoms with Crippen molar-refractivity contribution in [3.05, 3.63) is 60.3 Å². The van der Waals surface area contributed by atoms with Gasteiger partial charge < -0.3 is 14.4 Å². The minimum absolute atomic E-state index is 0.304. The molecule has 0 saturated heterocycles. The Labute approximate surface area is 111 Å². The van der Waals surface area contributed by atoms with Crippen LogP contribution in [0.3, 0.4) is 0 Å². The lowest BCUT2D eigenvalue weighted by Crippen LogP contribution is -1.97. The number of fused-ring (bicyclic) bond motifs is 1. The third-order valence-electron chi connectivity index (χ3n) is 3.26. The fraction of sp³-hybridized carbons (Fsp3) is 0.125. The molecular weight excluding hydrogens is 238 g/mol. The fourth-order valence-corrected chi connectivity index (χ4v) is 2.29. The topological polar surface area (TPSA) is 34.4 Å². The predicted octanol–water partition coefficient (Wildman–Crippen LogP) is 3.40. The van der Waals surface area contributed by atoms with Crippen molar-refractivity contribution in [3.63, 3.8) is 0 Å². The van der Waals surface area contributed by atoms with Gasteiger partial charge in [-0.05, 0) is 23.8 Å². The molecule has 0 amide bonds. The van der Waals surface area contributed by atoms with Crippen LogP contribution in [0.5, 0.6) is 11.6 Å². The summed E-state index contributed by atoms with van der Waals surface area (Å²) >= 11 is 0. The molecule has 0 aliphatic carbocycles. The monoisotopic (exact) mass is 253 g/mol. The van der Waals surface area contributed by atoms with Gasteiger partial charge in [-0.15, -0.1) is 0 Å². The Morgan fingerprint density at radius 1 is 1.11 bits per heavy atom. The number of methoxy groups -OCH3 is 1. The van der Waals surface area contributed by atoms with Crippen molar-refractivity contribution in [3.8, 4) is 11.6 Å². The van der Waals surface area contributed by atoms with Crippen molar-refractivity contribution < 1.29 is 9.84 Å². The van der Waals surface area contributed by atoms with Gasteiger partial charge in [-0.1, -0.05) is 30.3 Å². The van der Waals surface area contributed by atoms with Crippen molar-refractivity contribution in [2.75, 3.05) is 7.11 Å². The highest BCUT2D eigenvalue weighted by Crippen LogP contribution is 2.27. The first-order valence-electron chi connectivity index (χ1n) is 6.17. The first-order valence-corrected chi connectivity index (χ1v) is 6.17. The van der Waals surface area contributed by atoms with Crippen LogP contribution in [0.2, 0.25) is 0 Å². The lowest BCUT2D eigenvalue weighted by Gasteiger charge is -2.07. The van der Waals surface area contributed by atoms with Crippen LogP contribution in [0.15, 0.2) is 54.7 Å². The zero-order valence-corrected chi connectivity index (χ0v) is 10.7. The van der Waals surface area contributed by atoms with Crippen LogP contribution in [0.25, 0.3) is 10.8 Å². The zero-order valence-electron chi connectivity index (χ0n) is 10.7. The highest BCUT2D eigenvalue weighted by molar-refractivity contribution is 5.87. The van der Waals surface area contributed by atoms with E-state index < -0.39 is 0 Å². The quantitative estimate of drug-likeness (QED) is 0.776. The van der Waals surface area contributed by atoms with E-state index in [1.54, 1.807) is 7.11 Å². The molecule has 19 heavy (non-hydrogen) atoms. The van der Waals surface area contributed by atoms with Crippen LogP contribution in [0.4, 0.5) is 0 Å². The van der Waals surface area contributed by atoms with Gasteiger partial charge in [0.15, 0.2) is 5.88 Å². The average Bonchev–Trinajstić information content (AvgIpc) is 2.76. The fourth-order valence-electron chi connectivity index (χ4n) is 2.29. The summed E-state index contributed by atoms with van der Waals surface area (Å²) in [6.45, 7) is 0.623. The van der Waals surface area contributed by atoms with Crippen LogP contribution in [0.1, 0.15) is 5.56 Å². The molecule has 1 aromatic heterocycles. The third kappa shape index (κ3) is 2.15. The molecule has 96 valence electrons. The largest absolute Gasteiger partial charge is 0.497 e. The first-order chi connectivity index (χ1) is 9.28. The molecule has 3 nitrogen and oxygen atoms in total. The predicted molar refractivity (Wildman–Crippen MR) is 75.7 cm³/mol. The van der Waals surface area contributed by atoms with Gasteiger partial charge >= 0.3 is 0 Å². The van der Waals surface area contributed by atoms with Gasteiger partial charge in [0.25, 0.3) is 0 Å². The number of hydrogen-bond acceptors (Lipinski definition) is 2. The molecule has 3 aromatic rings. The van der Waals surface area contributed by atoms with Gasteiger partial charge in [-0.2, -0.15) is 0 Å². The highest BCUT2D eigenvalue weighted by Gasteiger charge is 2.07. The van der Waals surface area contributed by atoms with Crippen molar-refractivity contribution in [1.29, 1.82) is 0 Å². The van der Waals surface area contributed by atoms with Crippen molar-refractivity contribution in [1.82, 2.24) is 4.57 Å². The standard InChI is InChI=1S/C16H15NO2/c1-19-14-7-4-5-12(9-14)10-17-11-13-6-2-3-8-15(13)16(17)18/h2-9,11,18H,10H2,1H3. The summed E-state index contributed by atoms with van der Waals surface area (Å²) < 4.78 is 7.06. The molecular formula is C16H15NO2. The molecule has 0 aliphatic heterocycles. The summed E-state index contributed by atoms with van der Waals surface area (Å²) in [5, 5.41) is 12.1. The smallest absolute Gasteiger partial charge is 0.199 e. The molecule has 0 fully saturated rings. The lowest BCUT2D eigenvalue weighted by atomic mass is 10.2. The summed E-state index contributed by atoms with van der Waals surface area (Å²) in [5.41, 5.74) is 1.09. The molecule has 0 bridgehead atoms. The molecule has 2 aromatic carbocycles. The summed E-state index contributed by atoms with van der Waals surface area (Å²) in [6.07, 6.45) is 1.96. The second-order valence-electron chi connectivity index (χ2n) is 4.52. The molecule has 0 spiro atoms. The summed E-state index contributed by atoms with van der Waals surface area (Å²) in [4.78, 5) is 0. The Balaban J connectivity index is 1.98. The molecule has 3 heteroatoms. The Morgan fingerprint density at radius 3 is 2.74 bits per heavy atom. The molecule has 0 saturated carbocycles. The Bertz CT molecular complexity index is 716. The maximum absolute atomic E-state index is 10.2. The second-order valence-corrected chi connectivity index (χ2v) is 4.52. The molecule has 0 atom stereocenters. The Kier molecular flexibility index (Phi) is 2.88. The molecule has 0 aliphatic rings. The number of ether oxygens (including phenoxy) is 1. The number of rotatable bonds is 3. The SMILES string of the molecule is COc1cccc(Cn2cc3ccccc3c2O)c1. The highest BCUT2D eigenvalue weighted by atomic mass is 16.5. The minimum atomic E-state index is 0.304. The van der Waals surface area contributed by atoms with E-state index in [4.69, 9.17) is 4.74 Å². The van der Waals surface area contributed by atoms with Crippen LogP contribution >= 0.6 is 0 Å². The van der Waals surface area contributed by atoms with Crippen molar-refractivity contribution in [2.24, 2.45) is 0 Å². The Hall–Kier alpha value is -2.42. The average molecular weight is 253 g/mol. The van der Waals surface area contributed by atoms with Crippen LogP contribution in [0, 0.1) is 0 Å². The van der Waals surface area contributed by atoms with Gasteiger partial charge in [-0.3, -0.25) is 0 Å². The number of aromatic nitrogens is 1. The molecule has 3 rings (SSSR count). The van der Waals surface area contributed by atoms with Crippen LogP contribution in [-0.4, -0.2) is 16.8 Å². The number of benzene rings is 2. The number of aromatic hydroxyl groups is 1. The second kappa shape index (κ2) is 4.69. The normalized spacial score (nSPS) is 10.8. The number of nitrogens with zero attached hydrogens (tertiary/aromatic N) is 1. The number of hydrogen-bond donors (Lipinski definition) is 1. The van der Waals surface area contributed by atoms with Gasteiger partial charge in [-0.25, -0.2) is 0 Å². The molecule has 1 N–H and O–H groups in total. The maximum atomic E-state index is 10.2. The zero-order chi connectivity index (χ0) is 13.2. The molecule has 0 unspecified atom stereocenters. The third-order valence-corrected chi connectivity index (χ3v) is 3.26. The van der Waals surface area contributed by atoms with Crippen molar-refractivity contribution in [2.45, 2.75) is 6.54 Å². The Morgan fingerprint density at radius 2 is 1.95 bits per heavy atom. The van der Waals surface area contributed by atoms with E-state index in [1.165, 1.54) is 0 Å². The lowest BCUT2D eigenvalue weighted by molar-refractivity contribution is 0.413. The maximum Gasteiger partial charge on any atom is 0.199 e. The summed E-state index contributed by atoms with van der Waals surface area (Å²) in [6, 6.07) is 15.7. The van der Waals surface area contributed by atoms with E-state index in [-0.39, 0.29) is 0 Å². The van der Waals surface area contributed by atoms with Gasteiger partial charge in [0.2, 0.25) is 0 Å². The van der Waals surface area contributed by atoms with Gasteiger partial charge in [0.05, 0.1) is 13.7 Å².